The van der Waals surface area contributed by atoms with Crippen molar-refractivity contribution in [3.8, 4) is 11.3 Å². The van der Waals surface area contributed by atoms with Crippen LogP contribution >= 0.6 is 0 Å². The van der Waals surface area contributed by atoms with E-state index in [1.807, 2.05) is 6.20 Å². The van der Waals surface area contributed by atoms with Crippen molar-refractivity contribution in [1.29, 1.82) is 0 Å². The molecular weight excluding hydrogens is 246 g/mol. The molecule has 1 heterocycles. The molecule has 0 saturated heterocycles. The van der Waals surface area contributed by atoms with Crippen LogP contribution in [-0.4, -0.2) is 16.5 Å². The highest BCUT2D eigenvalue weighted by Crippen LogP contribution is 2.31. The first-order chi connectivity index (χ1) is 9.88. The highest BCUT2D eigenvalue weighted by molar-refractivity contribution is 5.70. The van der Waals surface area contributed by atoms with Crippen LogP contribution in [0.3, 0.4) is 0 Å². The first-order valence-electron chi connectivity index (χ1n) is 7.56. The molecule has 0 spiro atoms. The summed E-state index contributed by atoms with van der Waals surface area (Å²) < 4.78 is 0. The van der Waals surface area contributed by atoms with E-state index < -0.39 is 0 Å². The number of aryl methyl sites for hydroxylation is 2. The molecule has 1 aromatic heterocycles. The lowest BCUT2D eigenvalue weighted by molar-refractivity contribution is 0.740. The van der Waals surface area contributed by atoms with Gasteiger partial charge in [-0.1, -0.05) is 44.0 Å². The molecule has 3 heteroatoms. The molecular formula is C17H21N3. The Labute approximate surface area is 120 Å². The summed E-state index contributed by atoms with van der Waals surface area (Å²) in [4.78, 5) is 9.17. The molecule has 1 aromatic carbocycles. The Hall–Kier alpha value is -1.90. The van der Waals surface area contributed by atoms with Crippen LogP contribution in [0.5, 0.6) is 0 Å². The summed E-state index contributed by atoms with van der Waals surface area (Å²) >= 11 is 0. The summed E-state index contributed by atoms with van der Waals surface area (Å²) in [6, 6.07) is 8.56. The smallest absolute Gasteiger partial charge is 0.223 e. The van der Waals surface area contributed by atoms with Crippen LogP contribution in [0.4, 0.5) is 5.95 Å². The predicted molar refractivity (Wildman–Crippen MR) is 82.9 cm³/mol. The maximum Gasteiger partial charge on any atom is 0.223 e. The van der Waals surface area contributed by atoms with Gasteiger partial charge in [0.2, 0.25) is 5.95 Å². The third kappa shape index (κ3) is 2.67. The molecule has 3 nitrogen and oxygen atoms in total. The van der Waals surface area contributed by atoms with Crippen molar-refractivity contribution in [2.24, 2.45) is 0 Å². The van der Waals surface area contributed by atoms with Gasteiger partial charge in [0, 0.05) is 18.3 Å². The fourth-order valence-electron chi connectivity index (χ4n) is 2.72. The zero-order chi connectivity index (χ0) is 13.8. The number of nitrogens with zero attached hydrogens (tertiary/aromatic N) is 2. The maximum absolute atomic E-state index is 4.73. The Morgan fingerprint density at radius 2 is 1.95 bits per heavy atom. The number of anilines is 1. The van der Waals surface area contributed by atoms with E-state index >= 15 is 0 Å². The van der Waals surface area contributed by atoms with E-state index in [2.05, 4.69) is 41.5 Å². The van der Waals surface area contributed by atoms with E-state index in [0.29, 0.717) is 0 Å². The van der Waals surface area contributed by atoms with Crippen molar-refractivity contribution in [3.05, 3.63) is 41.6 Å². The van der Waals surface area contributed by atoms with E-state index in [4.69, 9.17) is 4.98 Å². The van der Waals surface area contributed by atoms with Crippen molar-refractivity contribution in [2.75, 3.05) is 11.9 Å². The van der Waals surface area contributed by atoms with Crippen LogP contribution in [0.2, 0.25) is 0 Å². The van der Waals surface area contributed by atoms with Gasteiger partial charge in [0.05, 0.1) is 5.69 Å². The Balaban J connectivity index is 1.82. The van der Waals surface area contributed by atoms with Crippen LogP contribution in [0, 0.1) is 0 Å². The lowest BCUT2D eigenvalue weighted by Gasteiger charge is -2.19. The topological polar surface area (TPSA) is 37.8 Å². The molecule has 20 heavy (non-hydrogen) atoms. The average molecular weight is 267 g/mol. The van der Waals surface area contributed by atoms with Gasteiger partial charge in [0.15, 0.2) is 0 Å². The lowest BCUT2D eigenvalue weighted by atomic mass is 9.90. The van der Waals surface area contributed by atoms with Gasteiger partial charge in [0.25, 0.3) is 0 Å². The molecule has 2 aromatic rings. The summed E-state index contributed by atoms with van der Waals surface area (Å²) in [7, 11) is 0. The fourth-order valence-corrected chi connectivity index (χ4v) is 2.72. The number of hydrogen-bond donors (Lipinski definition) is 1. The minimum atomic E-state index is 0.761. The van der Waals surface area contributed by atoms with Crippen molar-refractivity contribution in [2.45, 2.75) is 39.0 Å². The Morgan fingerprint density at radius 3 is 2.85 bits per heavy atom. The van der Waals surface area contributed by atoms with Gasteiger partial charge in [-0.2, -0.15) is 0 Å². The van der Waals surface area contributed by atoms with Crippen molar-refractivity contribution < 1.29 is 0 Å². The molecule has 0 amide bonds. The van der Waals surface area contributed by atoms with Gasteiger partial charge >= 0.3 is 0 Å². The molecule has 1 aliphatic carbocycles. The van der Waals surface area contributed by atoms with E-state index in [-0.39, 0.29) is 0 Å². The molecule has 0 unspecified atom stereocenters. The second-order valence-corrected chi connectivity index (χ2v) is 5.36. The summed E-state index contributed by atoms with van der Waals surface area (Å²) in [5, 5.41) is 3.34. The summed E-state index contributed by atoms with van der Waals surface area (Å²) in [6.45, 7) is 3.17. The van der Waals surface area contributed by atoms with Crippen LogP contribution in [0.1, 0.15) is 37.3 Å². The summed E-state index contributed by atoms with van der Waals surface area (Å²) in [5.74, 6) is 0.761. The molecule has 0 atom stereocenters. The molecule has 1 N–H and O–H groups in total. The Bertz CT molecular complexity index is 593. The predicted octanol–water partition coefficient (Wildman–Crippen LogP) is 3.84. The minimum absolute atomic E-state index is 0.761. The Morgan fingerprint density at radius 1 is 1.10 bits per heavy atom. The van der Waals surface area contributed by atoms with Crippen LogP contribution in [-0.2, 0) is 12.8 Å². The van der Waals surface area contributed by atoms with Crippen LogP contribution in [0.25, 0.3) is 11.3 Å². The zero-order valence-electron chi connectivity index (χ0n) is 12.0. The van der Waals surface area contributed by atoms with Crippen molar-refractivity contribution >= 4 is 5.95 Å². The largest absolute Gasteiger partial charge is 0.354 e. The molecule has 0 radical (unpaired) electrons. The van der Waals surface area contributed by atoms with Crippen LogP contribution < -0.4 is 5.32 Å². The van der Waals surface area contributed by atoms with E-state index in [1.165, 1.54) is 36.0 Å². The lowest BCUT2D eigenvalue weighted by Crippen LogP contribution is -2.10. The quantitative estimate of drug-likeness (QED) is 0.836. The second kappa shape index (κ2) is 6.04. The monoisotopic (exact) mass is 267 g/mol. The first-order valence-corrected chi connectivity index (χ1v) is 7.56. The number of rotatable bonds is 5. The SMILES string of the molecule is CCCCCNc1ncc2c(n1)-c1ccccc1CC2. The summed E-state index contributed by atoms with van der Waals surface area (Å²) in [5.41, 5.74) is 5.05. The van der Waals surface area contributed by atoms with Gasteiger partial charge < -0.3 is 5.32 Å². The number of hydrogen-bond acceptors (Lipinski definition) is 3. The number of fused-ring (bicyclic) bond motifs is 3. The number of unbranched alkanes of at least 4 members (excludes halogenated alkanes) is 2. The van der Waals surface area contributed by atoms with Gasteiger partial charge in [-0.15, -0.1) is 0 Å². The molecule has 0 saturated carbocycles. The third-order valence-electron chi connectivity index (χ3n) is 3.86. The van der Waals surface area contributed by atoms with Gasteiger partial charge in [-0.3, -0.25) is 0 Å². The molecule has 0 bridgehead atoms. The zero-order valence-corrected chi connectivity index (χ0v) is 12.0. The van der Waals surface area contributed by atoms with Crippen molar-refractivity contribution in [3.63, 3.8) is 0 Å². The standard InChI is InChI=1S/C17H21N3/c1-2-3-6-11-18-17-19-12-14-10-9-13-7-4-5-8-15(13)16(14)20-17/h4-5,7-8,12H,2-3,6,9-11H2,1H3,(H,18,19,20). The molecule has 0 fully saturated rings. The van der Waals surface area contributed by atoms with Gasteiger partial charge in [0.1, 0.15) is 0 Å². The average Bonchev–Trinajstić information content (AvgIpc) is 2.51. The fraction of sp³-hybridized carbons (Fsp3) is 0.412. The maximum atomic E-state index is 4.73. The van der Waals surface area contributed by atoms with E-state index in [1.54, 1.807) is 0 Å². The van der Waals surface area contributed by atoms with Gasteiger partial charge in [-0.05, 0) is 30.4 Å². The van der Waals surface area contributed by atoms with E-state index in [9.17, 15) is 0 Å². The first kappa shape index (κ1) is 13.1. The number of aromatic nitrogens is 2. The van der Waals surface area contributed by atoms with Crippen molar-refractivity contribution in [1.82, 2.24) is 9.97 Å². The highest BCUT2D eigenvalue weighted by atomic mass is 15.1. The molecule has 104 valence electrons. The molecule has 0 aliphatic heterocycles. The summed E-state index contributed by atoms with van der Waals surface area (Å²) in [6.07, 6.45) is 7.78. The Kier molecular flexibility index (Phi) is 3.95. The normalized spacial score (nSPS) is 12.7. The van der Waals surface area contributed by atoms with Gasteiger partial charge in [-0.25, -0.2) is 9.97 Å². The number of nitrogens with one attached hydrogen (secondary N) is 1. The third-order valence-corrected chi connectivity index (χ3v) is 3.86. The highest BCUT2D eigenvalue weighted by Gasteiger charge is 2.17. The molecule has 1 aliphatic rings. The number of benzene rings is 1. The second-order valence-electron chi connectivity index (χ2n) is 5.36. The van der Waals surface area contributed by atoms with Crippen LogP contribution in [0.15, 0.2) is 30.5 Å². The van der Waals surface area contributed by atoms with E-state index in [0.717, 1.165) is 31.0 Å². The molecule has 3 rings (SSSR count). The minimum Gasteiger partial charge on any atom is -0.354 e.